The molecule has 0 radical (unpaired) electrons. The Hall–Kier alpha value is -1.49. The van der Waals surface area contributed by atoms with Gasteiger partial charge in [0.1, 0.15) is 5.56 Å². The molecule has 18 heavy (non-hydrogen) atoms. The molecule has 0 aromatic carbocycles. The van der Waals surface area contributed by atoms with E-state index >= 15 is 0 Å². The number of aromatic nitrogens is 2. The van der Waals surface area contributed by atoms with Gasteiger partial charge in [-0.25, -0.2) is 17.9 Å². The number of aromatic carboxylic acids is 1. The third kappa shape index (κ3) is 3.26. The number of H-pyrrole nitrogens is 1. The predicted octanol–water partition coefficient (Wildman–Crippen LogP) is -1.87. The summed E-state index contributed by atoms with van der Waals surface area (Å²) in [6.07, 6.45) is 0.862. The number of carboxylic acid groups (broad SMARTS) is 1. The molecule has 0 saturated carbocycles. The van der Waals surface area contributed by atoms with Gasteiger partial charge in [0.2, 0.25) is 0 Å². The quantitative estimate of drug-likeness (QED) is 0.409. The number of nitrogens with zero attached hydrogens (tertiary/aromatic N) is 1. The van der Waals surface area contributed by atoms with E-state index in [1.165, 1.54) is 6.92 Å². The molecule has 1 aromatic heterocycles. The van der Waals surface area contributed by atoms with Gasteiger partial charge in [-0.1, -0.05) is 0 Å². The van der Waals surface area contributed by atoms with Crippen LogP contribution in [0.1, 0.15) is 17.3 Å². The van der Waals surface area contributed by atoms with Gasteiger partial charge in [-0.15, -0.1) is 0 Å². The first-order chi connectivity index (χ1) is 8.19. The monoisotopic (exact) mass is 279 g/mol. The lowest BCUT2D eigenvalue weighted by Crippen LogP contribution is -2.43. The van der Waals surface area contributed by atoms with E-state index in [1.807, 2.05) is 4.72 Å². The van der Waals surface area contributed by atoms with Crippen molar-refractivity contribution in [3.8, 4) is 0 Å². The number of sulfonamides is 1. The van der Waals surface area contributed by atoms with Crippen LogP contribution in [-0.4, -0.2) is 58.7 Å². The van der Waals surface area contributed by atoms with Crippen molar-refractivity contribution in [3.63, 3.8) is 0 Å². The molecule has 0 bridgehead atoms. The zero-order chi connectivity index (χ0) is 14.0. The van der Waals surface area contributed by atoms with Gasteiger partial charge >= 0.3 is 5.97 Å². The second-order valence-corrected chi connectivity index (χ2v) is 5.60. The highest BCUT2D eigenvalue weighted by Crippen LogP contribution is 2.12. The van der Waals surface area contributed by atoms with E-state index in [1.54, 1.807) is 0 Å². The van der Waals surface area contributed by atoms with E-state index in [0.29, 0.717) is 0 Å². The van der Waals surface area contributed by atoms with Crippen molar-refractivity contribution in [1.29, 1.82) is 0 Å². The molecule has 0 spiro atoms. The minimum atomic E-state index is -4.16. The van der Waals surface area contributed by atoms with E-state index in [4.69, 9.17) is 10.2 Å². The molecule has 0 aliphatic heterocycles. The minimum absolute atomic E-state index is 0.468. The minimum Gasteiger partial charge on any atom is -0.478 e. The molecule has 1 unspecified atom stereocenters. The zero-order valence-corrected chi connectivity index (χ0v) is 10.2. The predicted molar refractivity (Wildman–Crippen MR) is 58.4 cm³/mol. The molecule has 1 rings (SSSR count). The van der Waals surface area contributed by atoms with Gasteiger partial charge in [0, 0.05) is 6.54 Å². The van der Waals surface area contributed by atoms with Crippen molar-refractivity contribution in [1.82, 2.24) is 14.9 Å². The average Bonchev–Trinajstić information content (AvgIpc) is 2.76. The maximum Gasteiger partial charge on any atom is 0.340 e. The Balaban J connectivity index is 2.94. The Kier molecular flexibility index (Phi) is 4.06. The molecule has 0 aliphatic rings. The normalized spacial score (nSPS) is 15.3. The molecule has 5 N–H and O–H groups in total. The van der Waals surface area contributed by atoms with Crippen LogP contribution in [0.2, 0.25) is 0 Å². The molecular formula is C8H13N3O6S. The van der Waals surface area contributed by atoms with Crippen molar-refractivity contribution >= 4 is 16.0 Å². The molecule has 10 heteroatoms. The number of aliphatic hydroxyl groups is 2. The maximum atomic E-state index is 11.7. The van der Waals surface area contributed by atoms with E-state index in [9.17, 15) is 18.3 Å². The van der Waals surface area contributed by atoms with Crippen LogP contribution in [0, 0.1) is 0 Å². The van der Waals surface area contributed by atoms with Crippen molar-refractivity contribution in [2.24, 2.45) is 0 Å². The summed E-state index contributed by atoms with van der Waals surface area (Å²) in [5.74, 6) is -1.45. The van der Waals surface area contributed by atoms with E-state index in [0.717, 1.165) is 6.20 Å². The fourth-order valence-corrected chi connectivity index (χ4v) is 2.26. The van der Waals surface area contributed by atoms with Crippen molar-refractivity contribution in [2.75, 3.05) is 13.2 Å². The molecule has 102 valence electrons. The third-order valence-electron chi connectivity index (χ3n) is 2.09. The van der Waals surface area contributed by atoms with Gasteiger partial charge in [-0.2, -0.15) is 5.10 Å². The second kappa shape index (κ2) is 5.02. The lowest BCUT2D eigenvalue weighted by Gasteiger charge is -2.20. The molecule has 0 fully saturated rings. The highest BCUT2D eigenvalue weighted by Gasteiger charge is 2.28. The van der Waals surface area contributed by atoms with Gasteiger partial charge in [-0.05, 0) is 6.92 Å². The van der Waals surface area contributed by atoms with Crippen LogP contribution < -0.4 is 4.72 Å². The largest absolute Gasteiger partial charge is 0.478 e. The van der Waals surface area contributed by atoms with Crippen LogP contribution in [0.4, 0.5) is 0 Å². The summed E-state index contributed by atoms with van der Waals surface area (Å²) < 4.78 is 25.5. The topological polar surface area (TPSA) is 153 Å². The third-order valence-corrected chi connectivity index (χ3v) is 3.46. The number of aliphatic hydroxyl groups excluding tert-OH is 1. The summed E-state index contributed by atoms with van der Waals surface area (Å²) in [6.45, 7) is 0.106. The first kappa shape index (κ1) is 14.6. The molecule has 0 amide bonds. The Morgan fingerprint density at radius 2 is 2.22 bits per heavy atom. The Morgan fingerprint density at radius 1 is 1.61 bits per heavy atom. The molecule has 0 aliphatic carbocycles. The molecule has 0 saturated heterocycles. The van der Waals surface area contributed by atoms with Gasteiger partial charge in [0.15, 0.2) is 5.03 Å². The lowest BCUT2D eigenvalue weighted by molar-refractivity contribution is 0.00680. The number of hydrogen-bond donors (Lipinski definition) is 5. The first-order valence-electron chi connectivity index (χ1n) is 4.79. The SMILES string of the molecule is CC(O)(CO)CNS(=O)(=O)c1[nH]ncc1C(=O)O. The van der Waals surface area contributed by atoms with E-state index in [-0.39, 0.29) is 0 Å². The molecule has 9 nitrogen and oxygen atoms in total. The highest BCUT2D eigenvalue weighted by molar-refractivity contribution is 7.89. The lowest BCUT2D eigenvalue weighted by atomic mass is 10.1. The van der Waals surface area contributed by atoms with Crippen LogP contribution in [-0.2, 0) is 10.0 Å². The maximum absolute atomic E-state index is 11.7. The van der Waals surface area contributed by atoms with Crippen molar-refractivity contribution in [3.05, 3.63) is 11.8 Å². The van der Waals surface area contributed by atoms with Crippen LogP contribution in [0.3, 0.4) is 0 Å². The number of rotatable bonds is 6. The van der Waals surface area contributed by atoms with Crippen LogP contribution >= 0.6 is 0 Å². The summed E-state index contributed by atoms with van der Waals surface area (Å²) in [5, 5.41) is 31.7. The zero-order valence-electron chi connectivity index (χ0n) is 9.41. The standard InChI is InChI=1S/C8H13N3O6S/c1-8(15,4-12)3-10-18(16,17)6-5(7(13)14)2-9-11-6/h2,10,12,15H,3-4H2,1H3,(H,9,11)(H,13,14). The van der Waals surface area contributed by atoms with Crippen LogP contribution in [0.5, 0.6) is 0 Å². The molecule has 1 aromatic rings. The summed E-state index contributed by atoms with van der Waals surface area (Å²) in [6, 6.07) is 0. The van der Waals surface area contributed by atoms with Crippen LogP contribution in [0.25, 0.3) is 0 Å². The molecule has 1 heterocycles. The molecule has 1 atom stereocenters. The Bertz CT molecular complexity index is 535. The number of carboxylic acids is 1. The number of nitrogens with one attached hydrogen (secondary N) is 2. The fourth-order valence-electron chi connectivity index (χ4n) is 1.01. The van der Waals surface area contributed by atoms with Crippen molar-refractivity contribution in [2.45, 2.75) is 17.6 Å². The van der Waals surface area contributed by atoms with E-state index < -0.39 is 45.3 Å². The highest BCUT2D eigenvalue weighted by atomic mass is 32.2. The number of hydrogen-bond acceptors (Lipinski definition) is 6. The van der Waals surface area contributed by atoms with Crippen LogP contribution in [0.15, 0.2) is 11.2 Å². The van der Waals surface area contributed by atoms with Gasteiger partial charge in [0.05, 0.1) is 18.4 Å². The van der Waals surface area contributed by atoms with Crippen molar-refractivity contribution < 1.29 is 28.5 Å². The molecular weight excluding hydrogens is 266 g/mol. The van der Waals surface area contributed by atoms with E-state index in [2.05, 4.69) is 10.2 Å². The summed E-state index contributed by atoms with van der Waals surface area (Å²) >= 11 is 0. The Morgan fingerprint density at radius 3 is 2.72 bits per heavy atom. The number of aromatic amines is 1. The van der Waals surface area contributed by atoms with Gasteiger partial charge in [-0.3, -0.25) is 5.10 Å². The Labute approximate surface area is 103 Å². The first-order valence-corrected chi connectivity index (χ1v) is 6.27. The fraction of sp³-hybridized carbons (Fsp3) is 0.500. The average molecular weight is 279 g/mol. The summed E-state index contributed by atoms with van der Waals surface area (Å²) in [5.41, 5.74) is -2.15. The van der Waals surface area contributed by atoms with Gasteiger partial charge < -0.3 is 15.3 Å². The smallest absolute Gasteiger partial charge is 0.340 e. The summed E-state index contributed by atoms with van der Waals surface area (Å²) in [4.78, 5) is 10.7. The second-order valence-electron chi connectivity index (χ2n) is 3.90. The van der Waals surface area contributed by atoms with Gasteiger partial charge in [0.25, 0.3) is 10.0 Å². The summed E-state index contributed by atoms with van der Waals surface area (Å²) in [7, 11) is -4.16. The number of carbonyl (C=O) groups is 1.